The summed E-state index contributed by atoms with van der Waals surface area (Å²) in [5.41, 5.74) is 2.43. The van der Waals surface area contributed by atoms with E-state index in [1.165, 1.54) is 5.56 Å². The zero-order valence-electron chi connectivity index (χ0n) is 9.44. The first kappa shape index (κ1) is 11.1. The van der Waals surface area contributed by atoms with Crippen molar-refractivity contribution in [2.75, 3.05) is 13.1 Å². The molecule has 2 atom stereocenters. The van der Waals surface area contributed by atoms with Crippen molar-refractivity contribution in [1.82, 2.24) is 5.32 Å². The third kappa shape index (κ3) is 2.09. The molecule has 1 aromatic carbocycles. The summed E-state index contributed by atoms with van der Waals surface area (Å²) in [6.45, 7) is 3.46. The van der Waals surface area contributed by atoms with Crippen molar-refractivity contribution in [2.24, 2.45) is 5.92 Å². The highest BCUT2D eigenvalue weighted by atomic mass is 16.4. The fraction of sp³-hybridized carbons (Fsp3) is 0.462. The van der Waals surface area contributed by atoms with E-state index in [0.717, 1.165) is 18.5 Å². The number of rotatable bonds is 3. The van der Waals surface area contributed by atoms with E-state index in [1.807, 2.05) is 0 Å². The number of carboxylic acids is 1. The Kier molecular flexibility index (Phi) is 3.25. The van der Waals surface area contributed by atoms with Crippen LogP contribution >= 0.6 is 0 Å². The Balaban J connectivity index is 2.19. The lowest BCUT2D eigenvalue weighted by atomic mass is 9.88. The van der Waals surface area contributed by atoms with Crippen LogP contribution in [0.1, 0.15) is 24.0 Å². The molecule has 2 rings (SSSR count). The summed E-state index contributed by atoms with van der Waals surface area (Å²) in [6, 6.07) is 8.30. The van der Waals surface area contributed by atoms with Gasteiger partial charge in [0.15, 0.2) is 0 Å². The van der Waals surface area contributed by atoms with Crippen molar-refractivity contribution in [2.45, 2.75) is 19.3 Å². The number of benzene rings is 1. The maximum absolute atomic E-state index is 11.1. The fourth-order valence-corrected chi connectivity index (χ4v) is 2.29. The predicted molar refractivity (Wildman–Crippen MR) is 62.6 cm³/mol. The highest BCUT2D eigenvalue weighted by Gasteiger charge is 2.33. The molecule has 3 nitrogen and oxygen atoms in total. The Hall–Kier alpha value is -1.35. The molecule has 0 amide bonds. The van der Waals surface area contributed by atoms with Crippen LogP contribution in [0.2, 0.25) is 0 Å². The zero-order valence-corrected chi connectivity index (χ0v) is 9.44. The Bertz CT molecular complexity index is 372. The number of hydrogen-bond acceptors (Lipinski definition) is 2. The molecule has 1 unspecified atom stereocenters. The van der Waals surface area contributed by atoms with Gasteiger partial charge in [-0.3, -0.25) is 4.79 Å². The van der Waals surface area contributed by atoms with Crippen LogP contribution in [0.25, 0.3) is 0 Å². The average molecular weight is 219 g/mol. The minimum atomic E-state index is -0.699. The molecule has 1 fully saturated rings. The Morgan fingerprint density at radius 3 is 2.62 bits per heavy atom. The van der Waals surface area contributed by atoms with Crippen molar-refractivity contribution >= 4 is 5.97 Å². The first-order valence-electron chi connectivity index (χ1n) is 5.74. The summed E-state index contributed by atoms with van der Waals surface area (Å²) in [4.78, 5) is 11.1. The lowest BCUT2D eigenvalue weighted by Crippen LogP contribution is -2.20. The molecule has 0 aliphatic carbocycles. The molecule has 1 aromatic rings. The topological polar surface area (TPSA) is 49.3 Å². The van der Waals surface area contributed by atoms with Crippen molar-refractivity contribution in [3.05, 3.63) is 35.4 Å². The molecule has 16 heavy (non-hydrogen) atoms. The van der Waals surface area contributed by atoms with E-state index in [9.17, 15) is 4.79 Å². The molecule has 0 bridgehead atoms. The molecule has 0 radical (unpaired) electrons. The third-order valence-electron chi connectivity index (χ3n) is 3.35. The number of aryl methyl sites for hydroxylation is 1. The molecular weight excluding hydrogens is 202 g/mol. The van der Waals surface area contributed by atoms with E-state index >= 15 is 0 Å². The van der Waals surface area contributed by atoms with E-state index in [-0.39, 0.29) is 11.8 Å². The average Bonchev–Trinajstić information content (AvgIpc) is 2.78. The maximum atomic E-state index is 11.1. The van der Waals surface area contributed by atoms with E-state index in [4.69, 9.17) is 5.11 Å². The van der Waals surface area contributed by atoms with Crippen molar-refractivity contribution in [3.8, 4) is 0 Å². The molecule has 1 saturated heterocycles. The first-order valence-corrected chi connectivity index (χ1v) is 5.74. The number of carbonyl (C=O) groups is 1. The van der Waals surface area contributed by atoms with Gasteiger partial charge in [-0.1, -0.05) is 31.2 Å². The molecule has 0 spiro atoms. The van der Waals surface area contributed by atoms with E-state index in [2.05, 4.69) is 36.5 Å². The highest BCUT2D eigenvalue weighted by molar-refractivity contribution is 5.72. The summed E-state index contributed by atoms with van der Waals surface area (Å²) in [5, 5.41) is 12.3. The Morgan fingerprint density at radius 2 is 2.06 bits per heavy atom. The number of carboxylic acid groups (broad SMARTS) is 1. The minimum Gasteiger partial charge on any atom is -0.481 e. The number of nitrogens with one attached hydrogen (secondary N) is 1. The summed E-state index contributed by atoms with van der Waals surface area (Å²) < 4.78 is 0. The van der Waals surface area contributed by atoms with E-state index < -0.39 is 5.97 Å². The predicted octanol–water partition coefficient (Wildman–Crippen LogP) is 1.64. The summed E-state index contributed by atoms with van der Waals surface area (Å²) >= 11 is 0. The van der Waals surface area contributed by atoms with Gasteiger partial charge in [0.05, 0.1) is 5.92 Å². The van der Waals surface area contributed by atoms with Gasteiger partial charge in [-0.15, -0.1) is 0 Å². The quantitative estimate of drug-likeness (QED) is 0.812. The van der Waals surface area contributed by atoms with Gasteiger partial charge in [-0.25, -0.2) is 0 Å². The SMILES string of the molecule is CCc1ccc(C2CNC[C@@H]2C(=O)O)cc1. The second kappa shape index (κ2) is 4.66. The Morgan fingerprint density at radius 1 is 1.38 bits per heavy atom. The third-order valence-corrected chi connectivity index (χ3v) is 3.35. The van der Waals surface area contributed by atoms with Gasteiger partial charge < -0.3 is 10.4 Å². The minimum absolute atomic E-state index is 0.114. The zero-order chi connectivity index (χ0) is 11.5. The van der Waals surface area contributed by atoms with Crippen molar-refractivity contribution in [3.63, 3.8) is 0 Å². The van der Waals surface area contributed by atoms with E-state index in [1.54, 1.807) is 0 Å². The number of hydrogen-bond donors (Lipinski definition) is 2. The molecule has 86 valence electrons. The van der Waals surface area contributed by atoms with Crippen LogP contribution in [-0.4, -0.2) is 24.2 Å². The van der Waals surface area contributed by atoms with Crippen LogP contribution in [-0.2, 0) is 11.2 Å². The molecule has 2 N–H and O–H groups in total. The highest BCUT2D eigenvalue weighted by Crippen LogP contribution is 2.28. The van der Waals surface area contributed by atoms with Crippen molar-refractivity contribution < 1.29 is 9.90 Å². The van der Waals surface area contributed by atoms with Gasteiger partial charge in [-0.05, 0) is 17.5 Å². The summed E-state index contributed by atoms with van der Waals surface area (Å²) in [5.74, 6) is -0.870. The van der Waals surface area contributed by atoms with Gasteiger partial charge in [0.25, 0.3) is 0 Å². The van der Waals surface area contributed by atoms with Crippen LogP contribution in [0.4, 0.5) is 0 Å². The van der Waals surface area contributed by atoms with Crippen molar-refractivity contribution in [1.29, 1.82) is 0 Å². The first-order chi connectivity index (χ1) is 7.72. The molecule has 1 aliphatic rings. The van der Waals surface area contributed by atoms with Crippen LogP contribution < -0.4 is 5.32 Å². The maximum Gasteiger partial charge on any atom is 0.308 e. The molecule has 3 heteroatoms. The summed E-state index contributed by atoms with van der Waals surface area (Å²) in [6.07, 6.45) is 1.02. The molecule has 0 saturated carbocycles. The van der Waals surface area contributed by atoms with Gasteiger partial charge in [0, 0.05) is 19.0 Å². The fourth-order valence-electron chi connectivity index (χ4n) is 2.29. The molecular formula is C13H17NO2. The summed E-state index contributed by atoms with van der Waals surface area (Å²) in [7, 11) is 0. The van der Waals surface area contributed by atoms with Crippen LogP contribution in [0.5, 0.6) is 0 Å². The standard InChI is InChI=1S/C13H17NO2/c1-2-9-3-5-10(6-4-9)11-7-14-8-12(11)13(15)16/h3-6,11-12,14H,2,7-8H2,1H3,(H,15,16)/t11?,12-/m0/s1. The van der Waals surface area contributed by atoms with E-state index in [0.29, 0.717) is 6.54 Å². The monoisotopic (exact) mass is 219 g/mol. The molecule has 1 aliphatic heterocycles. The van der Waals surface area contributed by atoms with Gasteiger partial charge >= 0.3 is 5.97 Å². The molecule has 0 aromatic heterocycles. The largest absolute Gasteiger partial charge is 0.481 e. The number of aliphatic carboxylic acids is 1. The van der Waals surface area contributed by atoms with Gasteiger partial charge in [0.2, 0.25) is 0 Å². The van der Waals surface area contributed by atoms with Crippen LogP contribution in [0.15, 0.2) is 24.3 Å². The lowest BCUT2D eigenvalue weighted by molar-refractivity contribution is -0.141. The van der Waals surface area contributed by atoms with Gasteiger partial charge in [-0.2, -0.15) is 0 Å². The second-order valence-corrected chi connectivity index (χ2v) is 4.30. The van der Waals surface area contributed by atoms with Gasteiger partial charge in [0.1, 0.15) is 0 Å². The lowest BCUT2D eigenvalue weighted by Gasteiger charge is -2.15. The van der Waals surface area contributed by atoms with Crippen LogP contribution in [0.3, 0.4) is 0 Å². The molecule has 1 heterocycles. The smallest absolute Gasteiger partial charge is 0.308 e. The van der Waals surface area contributed by atoms with Crippen LogP contribution in [0, 0.1) is 5.92 Å². The Labute approximate surface area is 95.5 Å². The normalized spacial score (nSPS) is 24.6. The second-order valence-electron chi connectivity index (χ2n) is 4.30.